The van der Waals surface area contributed by atoms with Gasteiger partial charge in [0, 0.05) is 26.2 Å². The summed E-state index contributed by atoms with van der Waals surface area (Å²) >= 11 is 0. The van der Waals surface area contributed by atoms with Gasteiger partial charge in [-0.3, -0.25) is 4.79 Å². The van der Waals surface area contributed by atoms with Crippen LogP contribution in [0.3, 0.4) is 0 Å². The lowest BCUT2D eigenvalue weighted by Gasteiger charge is -2.33. The number of carbonyl (C=O) groups excluding carboxylic acids is 1. The van der Waals surface area contributed by atoms with Crippen LogP contribution < -0.4 is 0 Å². The van der Waals surface area contributed by atoms with Crippen LogP contribution in [0.1, 0.15) is 32.1 Å². The average molecular weight is 285 g/mol. The van der Waals surface area contributed by atoms with E-state index in [4.69, 9.17) is 14.6 Å². The number of nitrogens with zero attached hydrogens (tertiary/aromatic N) is 1. The van der Waals surface area contributed by atoms with Gasteiger partial charge >= 0.3 is 5.97 Å². The summed E-state index contributed by atoms with van der Waals surface area (Å²) in [6.45, 7) is 2.55. The van der Waals surface area contributed by atoms with Gasteiger partial charge < -0.3 is 19.5 Å². The van der Waals surface area contributed by atoms with Gasteiger partial charge in [-0.2, -0.15) is 0 Å². The molecule has 2 heterocycles. The zero-order valence-corrected chi connectivity index (χ0v) is 11.8. The normalized spacial score (nSPS) is 24.6. The van der Waals surface area contributed by atoms with Crippen molar-refractivity contribution in [1.29, 1.82) is 0 Å². The van der Waals surface area contributed by atoms with E-state index >= 15 is 0 Å². The molecule has 1 atom stereocenters. The van der Waals surface area contributed by atoms with E-state index in [1.807, 2.05) is 0 Å². The maximum absolute atomic E-state index is 12.1. The second-order valence-electron chi connectivity index (χ2n) is 5.46. The lowest BCUT2D eigenvalue weighted by molar-refractivity contribution is -0.158. The lowest BCUT2D eigenvalue weighted by Crippen LogP contribution is -2.52. The summed E-state index contributed by atoms with van der Waals surface area (Å²) in [5.74, 6) is -0.397. The highest BCUT2D eigenvalue weighted by atomic mass is 16.5. The maximum Gasteiger partial charge on any atom is 0.328 e. The fourth-order valence-corrected chi connectivity index (χ4v) is 2.83. The lowest BCUT2D eigenvalue weighted by atomic mass is 9.94. The largest absolute Gasteiger partial charge is 0.480 e. The highest BCUT2D eigenvalue weighted by Crippen LogP contribution is 2.21. The van der Waals surface area contributed by atoms with Gasteiger partial charge in [-0.1, -0.05) is 0 Å². The van der Waals surface area contributed by atoms with Gasteiger partial charge in [-0.05, 0) is 31.6 Å². The molecule has 2 saturated heterocycles. The summed E-state index contributed by atoms with van der Waals surface area (Å²) in [7, 11) is 0. The van der Waals surface area contributed by atoms with Crippen molar-refractivity contribution in [2.24, 2.45) is 5.92 Å². The predicted molar refractivity (Wildman–Crippen MR) is 71.3 cm³/mol. The number of carboxylic acid groups (broad SMARTS) is 1. The minimum Gasteiger partial charge on any atom is -0.480 e. The number of hydrogen-bond donors (Lipinski definition) is 1. The first-order valence-corrected chi connectivity index (χ1v) is 7.36. The number of amides is 1. The molecular weight excluding hydrogens is 262 g/mol. The Labute approximate surface area is 119 Å². The van der Waals surface area contributed by atoms with E-state index in [0.29, 0.717) is 25.5 Å². The average Bonchev–Trinajstić information content (AvgIpc) is 2.48. The minimum atomic E-state index is -0.984. The Hall–Kier alpha value is -1.14. The molecule has 0 spiro atoms. The van der Waals surface area contributed by atoms with Crippen LogP contribution in [0.25, 0.3) is 0 Å². The molecule has 0 aromatic heterocycles. The fraction of sp³-hybridized carbons (Fsp3) is 0.857. The molecule has 2 rings (SSSR count). The van der Waals surface area contributed by atoms with Gasteiger partial charge in [-0.25, -0.2) is 4.79 Å². The Morgan fingerprint density at radius 1 is 1.15 bits per heavy atom. The van der Waals surface area contributed by atoms with Crippen LogP contribution in [0.5, 0.6) is 0 Å². The fourth-order valence-electron chi connectivity index (χ4n) is 2.83. The number of morpholine rings is 1. The third-order valence-electron chi connectivity index (χ3n) is 4.08. The molecule has 20 heavy (non-hydrogen) atoms. The van der Waals surface area contributed by atoms with Crippen molar-refractivity contribution in [3.05, 3.63) is 0 Å². The standard InChI is InChI=1S/C14H23NO5/c16-13(3-1-2-11-4-7-19-8-5-11)15-6-9-20-10-12(15)14(17)18/h11-12H,1-10H2,(H,17,18). The number of aliphatic carboxylic acids is 1. The number of rotatable bonds is 5. The van der Waals surface area contributed by atoms with Gasteiger partial charge in [0.25, 0.3) is 0 Å². The molecule has 6 heteroatoms. The molecule has 0 bridgehead atoms. The molecule has 0 aromatic rings. The monoisotopic (exact) mass is 285 g/mol. The zero-order chi connectivity index (χ0) is 14.4. The Balaban J connectivity index is 1.73. The predicted octanol–water partition coefficient (Wildman–Crippen LogP) is 0.895. The van der Waals surface area contributed by atoms with Gasteiger partial charge in [0.1, 0.15) is 0 Å². The van der Waals surface area contributed by atoms with E-state index in [1.54, 1.807) is 0 Å². The SMILES string of the molecule is O=C(O)C1COCCN1C(=O)CCCC1CCOCC1. The van der Waals surface area contributed by atoms with Crippen molar-refractivity contribution in [2.45, 2.75) is 38.1 Å². The van der Waals surface area contributed by atoms with Crippen LogP contribution in [0.4, 0.5) is 0 Å². The van der Waals surface area contributed by atoms with Crippen LogP contribution in [0.15, 0.2) is 0 Å². The molecule has 0 saturated carbocycles. The summed E-state index contributed by atoms with van der Waals surface area (Å²) in [4.78, 5) is 24.7. The van der Waals surface area contributed by atoms with Crippen molar-refractivity contribution >= 4 is 11.9 Å². The molecule has 2 fully saturated rings. The number of carboxylic acids is 1. The van der Waals surface area contributed by atoms with Gasteiger partial charge in [0.05, 0.1) is 13.2 Å². The molecule has 1 amide bonds. The summed E-state index contributed by atoms with van der Waals surface area (Å²) in [6, 6.07) is -0.820. The molecule has 1 unspecified atom stereocenters. The van der Waals surface area contributed by atoms with Gasteiger partial charge in [-0.15, -0.1) is 0 Å². The Morgan fingerprint density at radius 3 is 2.60 bits per heavy atom. The van der Waals surface area contributed by atoms with E-state index in [2.05, 4.69) is 0 Å². The quantitative estimate of drug-likeness (QED) is 0.812. The summed E-state index contributed by atoms with van der Waals surface area (Å²) < 4.78 is 10.4. The van der Waals surface area contributed by atoms with E-state index in [9.17, 15) is 9.59 Å². The molecule has 0 radical (unpaired) electrons. The third-order valence-corrected chi connectivity index (χ3v) is 4.08. The number of ether oxygens (including phenoxy) is 2. The smallest absolute Gasteiger partial charge is 0.328 e. The molecule has 6 nitrogen and oxygen atoms in total. The number of hydrogen-bond acceptors (Lipinski definition) is 4. The first-order chi connectivity index (χ1) is 9.68. The summed E-state index contributed by atoms with van der Waals surface area (Å²) in [5, 5.41) is 9.10. The van der Waals surface area contributed by atoms with Crippen molar-refractivity contribution in [2.75, 3.05) is 33.0 Å². The summed E-state index contributed by atoms with van der Waals surface area (Å²) in [5.41, 5.74) is 0. The Morgan fingerprint density at radius 2 is 1.90 bits per heavy atom. The molecule has 2 aliphatic rings. The van der Waals surface area contributed by atoms with E-state index < -0.39 is 12.0 Å². The molecule has 1 N–H and O–H groups in total. The van der Waals surface area contributed by atoms with E-state index in [0.717, 1.165) is 38.9 Å². The topological polar surface area (TPSA) is 76.1 Å². The molecular formula is C14H23NO5. The minimum absolute atomic E-state index is 0.0623. The van der Waals surface area contributed by atoms with Crippen LogP contribution in [-0.4, -0.2) is 60.9 Å². The number of carbonyl (C=O) groups is 2. The molecule has 114 valence electrons. The van der Waals surface area contributed by atoms with Crippen LogP contribution in [0.2, 0.25) is 0 Å². The highest BCUT2D eigenvalue weighted by molar-refractivity contribution is 5.83. The van der Waals surface area contributed by atoms with Crippen molar-refractivity contribution in [3.8, 4) is 0 Å². The van der Waals surface area contributed by atoms with E-state index in [-0.39, 0.29) is 12.5 Å². The van der Waals surface area contributed by atoms with Crippen molar-refractivity contribution in [3.63, 3.8) is 0 Å². The van der Waals surface area contributed by atoms with Gasteiger partial charge in [0.15, 0.2) is 6.04 Å². The molecule has 0 aliphatic carbocycles. The Kier molecular flexibility index (Phi) is 5.79. The first kappa shape index (κ1) is 15.3. The molecule has 0 aromatic carbocycles. The summed E-state index contributed by atoms with van der Waals surface area (Å²) in [6.07, 6.45) is 4.43. The third kappa shape index (κ3) is 4.18. The maximum atomic E-state index is 12.1. The zero-order valence-electron chi connectivity index (χ0n) is 11.8. The second-order valence-corrected chi connectivity index (χ2v) is 5.46. The first-order valence-electron chi connectivity index (χ1n) is 7.36. The second kappa shape index (κ2) is 7.59. The van der Waals surface area contributed by atoms with Gasteiger partial charge in [0.2, 0.25) is 5.91 Å². The van der Waals surface area contributed by atoms with Crippen molar-refractivity contribution in [1.82, 2.24) is 4.90 Å². The molecule has 2 aliphatic heterocycles. The van der Waals surface area contributed by atoms with E-state index in [1.165, 1.54) is 4.90 Å². The highest BCUT2D eigenvalue weighted by Gasteiger charge is 2.32. The van der Waals surface area contributed by atoms with Crippen LogP contribution >= 0.6 is 0 Å². The van der Waals surface area contributed by atoms with Crippen molar-refractivity contribution < 1.29 is 24.2 Å². The van der Waals surface area contributed by atoms with Crippen LogP contribution in [-0.2, 0) is 19.1 Å². The Bertz CT molecular complexity index is 340. The van der Waals surface area contributed by atoms with Crippen LogP contribution in [0, 0.1) is 5.92 Å².